The second-order valence-corrected chi connectivity index (χ2v) is 8.22. The number of rotatable bonds is 5. The van der Waals surface area contributed by atoms with Gasteiger partial charge in [0.25, 0.3) is 0 Å². The Kier molecular flexibility index (Phi) is 4.89. The molecule has 0 heterocycles. The Bertz CT molecular complexity index is 580. The second kappa shape index (κ2) is 6.13. The lowest BCUT2D eigenvalue weighted by Gasteiger charge is -2.26. The largest absolute Gasteiger partial charge is 0.396 e. The van der Waals surface area contributed by atoms with Crippen molar-refractivity contribution in [3.63, 3.8) is 0 Å². The van der Waals surface area contributed by atoms with Gasteiger partial charge >= 0.3 is 0 Å². The van der Waals surface area contributed by atoms with E-state index in [1.165, 1.54) is 0 Å². The van der Waals surface area contributed by atoms with Crippen LogP contribution >= 0.6 is 15.9 Å². The fourth-order valence-electron chi connectivity index (χ4n) is 2.63. The van der Waals surface area contributed by atoms with Gasteiger partial charge in [-0.25, -0.2) is 13.1 Å². The molecule has 0 unspecified atom stereocenters. The third kappa shape index (κ3) is 3.42. The number of nitrogens with one attached hydrogen (secondary N) is 1. The van der Waals surface area contributed by atoms with Gasteiger partial charge < -0.3 is 5.11 Å². The number of aliphatic hydroxyl groups is 1. The van der Waals surface area contributed by atoms with Crippen LogP contribution in [0, 0.1) is 12.3 Å². The standard InChI is InChI=1S/C14H20BrNO3S/c1-11-8-12(4-5-13(11)15)20(18,19)16-9-14(10-17)6-2-3-7-14/h4-5,8,16-17H,2-3,6-7,9-10H2,1H3. The molecular weight excluding hydrogens is 342 g/mol. The van der Waals surface area contributed by atoms with Crippen LogP contribution in [-0.2, 0) is 10.0 Å². The maximum atomic E-state index is 12.3. The summed E-state index contributed by atoms with van der Waals surface area (Å²) >= 11 is 3.36. The zero-order valence-electron chi connectivity index (χ0n) is 11.5. The molecule has 1 aromatic rings. The highest BCUT2D eigenvalue weighted by molar-refractivity contribution is 9.10. The van der Waals surface area contributed by atoms with E-state index in [9.17, 15) is 13.5 Å². The first-order chi connectivity index (χ1) is 9.38. The Hall–Kier alpha value is -0.430. The van der Waals surface area contributed by atoms with Crippen LogP contribution in [0.1, 0.15) is 31.2 Å². The van der Waals surface area contributed by atoms with Gasteiger partial charge in [0.15, 0.2) is 0 Å². The van der Waals surface area contributed by atoms with E-state index in [2.05, 4.69) is 20.7 Å². The fraction of sp³-hybridized carbons (Fsp3) is 0.571. The molecule has 112 valence electrons. The SMILES string of the molecule is Cc1cc(S(=O)(=O)NCC2(CO)CCCC2)ccc1Br. The first-order valence-corrected chi connectivity index (χ1v) is 9.03. The lowest BCUT2D eigenvalue weighted by atomic mass is 9.88. The molecule has 0 radical (unpaired) electrons. The first-order valence-electron chi connectivity index (χ1n) is 6.75. The van der Waals surface area contributed by atoms with Gasteiger partial charge in [-0.1, -0.05) is 28.8 Å². The molecule has 1 aliphatic carbocycles. The van der Waals surface area contributed by atoms with Crippen molar-refractivity contribution in [3.05, 3.63) is 28.2 Å². The van der Waals surface area contributed by atoms with E-state index in [4.69, 9.17) is 0 Å². The predicted molar refractivity (Wildman–Crippen MR) is 82.1 cm³/mol. The maximum Gasteiger partial charge on any atom is 0.240 e. The minimum Gasteiger partial charge on any atom is -0.396 e. The van der Waals surface area contributed by atoms with Crippen LogP contribution in [-0.4, -0.2) is 26.7 Å². The summed E-state index contributed by atoms with van der Waals surface area (Å²) in [6.07, 6.45) is 3.87. The zero-order valence-corrected chi connectivity index (χ0v) is 13.9. The normalized spacial score (nSPS) is 18.4. The minimum absolute atomic E-state index is 0.0366. The molecular formula is C14H20BrNO3S. The number of sulfonamides is 1. The summed E-state index contributed by atoms with van der Waals surface area (Å²) in [4.78, 5) is 0.268. The average molecular weight is 362 g/mol. The van der Waals surface area contributed by atoms with E-state index in [1.54, 1.807) is 18.2 Å². The molecule has 0 aliphatic heterocycles. The van der Waals surface area contributed by atoms with Gasteiger partial charge in [0.2, 0.25) is 10.0 Å². The van der Waals surface area contributed by atoms with Crippen molar-refractivity contribution in [1.29, 1.82) is 0 Å². The molecule has 2 N–H and O–H groups in total. The highest BCUT2D eigenvalue weighted by Crippen LogP contribution is 2.37. The van der Waals surface area contributed by atoms with E-state index in [0.717, 1.165) is 35.7 Å². The van der Waals surface area contributed by atoms with Crippen LogP contribution in [0.5, 0.6) is 0 Å². The monoisotopic (exact) mass is 361 g/mol. The molecule has 1 aromatic carbocycles. The van der Waals surface area contributed by atoms with Crippen molar-refractivity contribution in [1.82, 2.24) is 4.72 Å². The maximum absolute atomic E-state index is 12.3. The lowest BCUT2D eigenvalue weighted by molar-refractivity contribution is 0.134. The number of aliphatic hydroxyl groups excluding tert-OH is 1. The highest BCUT2D eigenvalue weighted by atomic mass is 79.9. The van der Waals surface area contributed by atoms with E-state index >= 15 is 0 Å². The summed E-state index contributed by atoms with van der Waals surface area (Å²) in [5.41, 5.74) is 0.600. The Morgan fingerprint density at radius 1 is 1.35 bits per heavy atom. The number of hydrogen-bond acceptors (Lipinski definition) is 3. The fourth-order valence-corrected chi connectivity index (χ4v) is 4.12. The quantitative estimate of drug-likeness (QED) is 0.846. The number of halogens is 1. The Morgan fingerprint density at radius 2 is 2.00 bits per heavy atom. The molecule has 0 atom stereocenters. The number of hydrogen-bond donors (Lipinski definition) is 2. The van der Waals surface area contributed by atoms with Crippen LogP contribution in [0.25, 0.3) is 0 Å². The van der Waals surface area contributed by atoms with Crippen molar-refractivity contribution in [2.24, 2.45) is 5.41 Å². The van der Waals surface area contributed by atoms with Crippen LogP contribution < -0.4 is 4.72 Å². The van der Waals surface area contributed by atoms with Gasteiger partial charge in [-0.15, -0.1) is 0 Å². The molecule has 2 rings (SSSR count). The third-order valence-electron chi connectivity index (χ3n) is 4.08. The summed E-state index contributed by atoms with van der Waals surface area (Å²) in [6.45, 7) is 2.20. The Labute approximate surface area is 128 Å². The van der Waals surface area contributed by atoms with Crippen molar-refractivity contribution in [3.8, 4) is 0 Å². The summed E-state index contributed by atoms with van der Waals surface area (Å²) in [5, 5.41) is 9.52. The third-order valence-corrected chi connectivity index (χ3v) is 6.37. The molecule has 4 nitrogen and oxygen atoms in total. The van der Waals surface area contributed by atoms with Gasteiger partial charge in [-0.05, 0) is 43.5 Å². The molecule has 1 fully saturated rings. The molecule has 20 heavy (non-hydrogen) atoms. The molecule has 0 bridgehead atoms. The zero-order chi connectivity index (χ0) is 14.8. The first kappa shape index (κ1) is 15.9. The summed E-state index contributed by atoms with van der Waals surface area (Å²) in [6, 6.07) is 4.97. The van der Waals surface area contributed by atoms with E-state index < -0.39 is 10.0 Å². The van der Waals surface area contributed by atoms with Gasteiger partial charge in [0.1, 0.15) is 0 Å². The molecule has 1 aliphatic rings. The smallest absolute Gasteiger partial charge is 0.240 e. The summed E-state index contributed by atoms with van der Waals surface area (Å²) in [7, 11) is -3.52. The molecule has 0 saturated heterocycles. The molecule has 0 aromatic heterocycles. The minimum atomic E-state index is -3.52. The van der Waals surface area contributed by atoms with Gasteiger partial charge in [-0.3, -0.25) is 0 Å². The Morgan fingerprint density at radius 3 is 2.55 bits per heavy atom. The number of aryl methyl sites for hydroxylation is 1. The van der Waals surface area contributed by atoms with Gasteiger partial charge in [-0.2, -0.15) is 0 Å². The van der Waals surface area contributed by atoms with Gasteiger partial charge in [0.05, 0.1) is 4.90 Å². The second-order valence-electron chi connectivity index (χ2n) is 5.60. The van der Waals surface area contributed by atoms with Crippen molar-refractivity contribution < 1.29 is 13.5 Å². The van der Waals surface area contributed by atoms with Crippen molar-refractivity contribution in [2.75, 3.05) is 13.2 Å². The van der Waals surface area contributed by atoms with Crippen molar-refractivity contribution >= 4 is 26.0 Å². The molecule has 6 heteroatoms. The lowest BCUT2D eigenvalue weighted by Crippen LogP contribution is -2.38. The van der Waals surface area contributed by atoms with Gasteiger partial charge in [0, 0.05) is 23.0 Å². The van der Waals surface area contributed by atoms with E-state index in [0.29, 0.717) is 6.54 Å². The van der Waals surface area contributed by atoms with Crippen LogP contribution in [0.4, 0.5) is 0 Å². The average Bonchev–Trinajstić information content (AvgIpc) is 2.89. The van der Waals surface area contributed by atoms with Crippen LogP contribution in [0.15, 0.2) is 27.6 Å². The van der Waals surface area contributed by atoms with Crippen molar-refractivity contribution in [2.45, 2.75) is 37.5 Å². The molecule has 0 spiro atoms. The summed E-state index contributed by atoms with van der Waals surface area (Å²) < 4.78 is 28.1. The summed E-state index contributed by atoms with van der Waals surface area (Å²) in [5.74, 6) is 0. The predicted octanol–water partition coefficient (Wildman–Crippen LogP) is 2.59. The number of benzene rings is 1. The molecule has 0 amide bonds. The highest BCUT2D eigenvalue weighted by Gasteiger charge is 2.34. The van der Waals surface area contributed by atoms with E-state index in [-0.39, 0.29) is 16.9 Å². The topological polar surface area (TPSA) is 66.4 Å². The Balaban J connectivity index is 2.13. The molecule has 1 saturated carbocycles. The van der Waals surface area contributed by atoms with Crippen LogP contribution in [0.2, 0.25) is 0 Å². The van der Waals surface area contributed by atoms with E-state index in [1.807, 2.05) is 6.92 Å². The van der Waals surface area contributed by atoms with Crippen LogP contribution in [0.3, 0.4) is 0 Å².